The second-order valence-corrected chi connectivity index (χ2v) is 6.53. The highest BCUT2D eigenvalue weighted by atomic mass is 16.3. The molecule has 1 rings (SSSR count). The number of phenolic OH excluding ortho intramolecular Hbond substituents is 1. The Kier molecular flexibility index (Phi) is 11.9. The topological polar surface area (TPSA) is 104 Å². The highest BCUT2D eigenvalue weighted by Crippen LogP contribution is 2.09. The van der Waals surface area contributed by atoms with Crippen molar-refractivity contribution in [2.75, 3.05) is 19.6 Å². The number of nitrogens with two attached hydrogens (primary N) is 1. The van der Waals surface area contributed by atoms with E-state index in [9.17, 15) is 14.7 Å². The molecule has 0 aliphatic carbocycles. The van der Waals surface area contributed by atoms with Crippen LogP contribution in [0, 0.1) is 0 Å². The Morgan fingerprint density at radius 1 is 0.808 bits per heavy atom. The second kappa shape index (κ2) is 14.1. The number of carbonyl (C=O) groups is 2. The Bertz CT molecular complexity index is 518. The average Bonchev–Trinajstić information content (AvgIpc) is 2.63. The van der Waals surface area contributed by atoms with Crippen molar-refractivity contribution in [1.82, 2.24) is 10.6 Å². The molecule has 26 heavy (non-hydrogen) atoms. The van der Waals surface area contributed by atoms with Crippen LogP contribution in [0.2, 0.25) is 0 Å². The molecule has 0 spiro atoms. The molecule has 0 saturated carbocycles. The minimum absolute atomic E-state index is 0.0177. The van der Waals surface area contributed by atoms with Crippen molar-refractivity contribution in [2.45, 2.75) is 57.8 Å². The van der Waals surface area contributed by atoms with Gasteiger partial charge < -0.3 is 21.5 Å². The lowest BCUT2D eigenvalue weighted by Gasteiger charge is -2.07. The third-order valence-electron chi connectivity index (χ3n) is 4.18. The van der Waals surface area contributed by atoms with Crippen LogP contribution < -0.4 is 16.4 Å². The predicted molar refractivity (Wildman–Crippen MR) is 104 cm³/mol. The summed E-state index contributed by atoms with van der Waals surface area (Å²) < 4.78 is 0. The number of amides is 2. The fourth-order valence-electron chi connectivity index (χ4n) is 2.61. The summed E-state index contributed by atoms with van der Waals surface area (Å²) in [6.45, 7) is 2.03. The molecular formula is C20H33N3O3. The lowest BCUT2D eigenvalue weighted by molar-refractivity contribution is -0.123. The van der Waals surface area contributed by atoms with Crippen molar-refractivity contribution in [2.24, 2.45) is 5.73 Å². The lowest BCUT2D eigenvalue weighted by Crippen LogP contribution is -2.26. The molecule has 0 aromatic heterocycles. The van der Waals surface area contributed by atoms with Gasteiger partial charge in [0.2, 0.25) is 11.8 Å². The average molecular weight is 364 g/mol. The van der Waals surface area contributed by atoms with Gasteiger partial charge in [0.05, 0.1) is 0 Å². The van der Waals surface area contributed by atoms with E-state index in [1.807, 2.05) is 12.1 Å². The first-order chi connectivity index (χ1) is 12.6. The van der Waals surface area contributed by atoms with Crippen molar-refractivity contribution < 1.29 is 14.7 Å². The smallest absolute Gasteiger partial charge is 0.220 e. The predicted octanol–water partition coefficient (Wildman–Crippen LogP) is 2.25. The largest absolute Gasteiger partial charge is 0.508 e. The molecule has 5 N–H and O–H groups in total. The number of benzene rings is 1. The molecule has 146 valence electrons. The molecule has 0 atom stereocenters. The van der Waals surface area contributed by atoms with Crippen LogP contribution in [0.25, 0.3) is 0 Å². The molecule has 0 unspecified atom stereocenters. The first-order valence-corrected chi connectivity index (χ1v) is 9.63. The molecule has 1 aromatic carbocycles. The van der Waals surface area contributed by atoms with Crippen molar-refractivity contribution in [1.29, 1.82) is 0 Å². The zero-order valence-corrected chi connectivity index (χ0v) is 15.6. The molecule has 0 fully saturated rings. The minimum atomic E-state index is 0.0177. The normalized spacial score (nSPS) is 10.5. The van der Waals surface area contributed by atoms with E-state index in [2.05, 4.69) is 10.6 Å². The van der Waals surface area contributed by atoms with E-state index >= 15 is 0 Å². The van der Waals surface area contributed by atoms with Gasteiger partial charge >= 0.3 is 0 Å². The van der Waals surface area contributed by atoms with Gasteiger partial charge in [0.15, 0.2) is 0 Å². The van der Waals surface area contributed by atoms with Crippen LogP contribution in [0.4, 0.5) is 0 Å². The summed E-state index contributed by atoms with van der Waals surface area (Å²) in [5.74, 6) is 0.328. The van der Waals surface area contributed by atoms with Crippen LogP contribution in [-0.4, -0.2) is 36.6 Å². The van der Waals surface area contributed by atoms with E-state index in [0.717, 1.165) is 63.6 Å². The van der Waals surface area contributed by atoms with Gasteiger partial charge in [-0.3, -0.25) is 9.59 Å². The Hall–Kier alpha value is -2.08. The third-order valence-corrected chi connectivity index (χ3v) is 4.18. The molecule has 0 saturated heterocycles. The number of unbranched alkanes of at least 4 members (excludes halogenated alkanes) is 4. The summed E-state index contributed by atoms with van der Waals surface area (Å²) in [4.78, 5) is 23.4. The van der Waals surface area contributed by atoms with Crippen LogP contribution in [0.3, 0.4) is 0 Å². The lowest BCUT2D eigenvalue weighted by atomic mass is 10.1. The standard InChI is InChI=1S/C20H33N3O3/c21-14-5-1-2-6-15-22-19(25)7-3-4-8-20(26)23-16-13-17-9-11-18(24)12-10-17/h9-12,24H,1-8,13-16,21H2,(H,22,25)(H,23,26). The Labute approximate surface area is 156 Å². The van der Waals surface area contributed by atoms with Crippen LogP contribution in [-0.2, 0) is 16.0 Å². The summed E-state index contributed by atoms with van der Waals surface area (Å²) in [5.41, 5.74) is 6.50. The molecule has 1 aromatic rings. The fraction of sp³-hybridized carbons (Fsp3) is 0.600. The molecule has 0 aliphatic heterocycles. The summed E-state index contributed by atoms with van der Waals surface area (Å²) >= 11 is 0. The SMILES string of the molecule is NCCCCCCNC(=O)CCCCC(=O)NCCc1ccc(O)cc1. The maximum atomic E-state index is 11.8. The number of carbonyl (C=O) groups excluding carboxylic acids is 2. The maximum Gasteiger partial charge on any atom is 0.220 e. The molecule has 2 amide bonds. The first-order valence-electron chi connectivity index (χ1n) is 9.63. The summed E-state index contributed by atoms with van der Waals surface area (Å²) in [5, 5.41) is 15.0. The van der Waals surface area contributed by atoms with Gasteiger partial charge in [-0.1, -0.05) is 25.0 Å². The van der Waals surface area contributed by atoms with E-state index < -0.39 is 0 Å². The molecule has 0 heterocycles. The zero-order valence-electron chi connectivity index (χ0n) is 15.6. The monoisotopic (exact) mass is 363 g/mol. The first kappa shape index (κ1) is 22.0. The summed E-state index contributed by atoms with van der Waals surface area (Å²) in [7, 11) is 0. The Balaban J connectivity index is 1.95. The van der Waals surface area contributed by atoms with Gasteiger partial charge in [0, 0.05) is 25.9 Å². The summed E-state index contributed by atoms with van der Waals surface area (Å²) in [6, 6.07) is 6.97. The quantitative estimate of drug-likeness (QED) is 0.381. The van der Waals surface area contributed by atoms with Crippen LogP contribution >= 0.6 is 0 Å². The zero-order chi connectivity index (χ0) is 19.0. The maximum absolute atomic E-state index is 11.8. The molecule has 0 bridgehead atoms. The minimum Gasteiger partial charge on any atom is -0.508 e. The third kappa shape index (κ3) is 11.5. The van der Waals surface area contributed by atoms with Gasteiger partial charge in [-0.2, -0.15) is 0 Å². The molecule has 0 aliphatic rings. The van der Waals surface area contributed by atoms with Crippen molar-refractivity contribution in [3.8, 4) is 5.75 Å². The Morgan fingerprint density at radius 3 is 2.00 bits per heavy atom. The second-order valence-electron chi connectivity index (χ2n) is 6.53. The van der Waals surface area contributed by atoms with E-state index in [1.54, 1.807) is 12.1 Å². The molecule has 6 heteroatoms. The fourth-order valence-corrected chi connectivity index (χ4v) is 2.61. The van der Waals surface area contributed by atoms with Crippen molar-refractivity contribution >= 4 is 11.8 Å². The van der Waals surface area contributed by atoms with Gasteiger partial charge in [0.25, 0.3) is 0 Å². The number of hydrogen-bond acceptors (Lipinski definition) is 4. The number of rotatable bonds is 14. The Morgan fingerprint density at radius 2 is 1.38 bits per heavy atom. The van der Waals surface area contributed by atoms with Gasteiger partial charge in [-0.25, -0.2) is 0 Å². The highest BCUT2D eigenvalue weighted by molar-refractivity contribution is 5.77. The highest BCUT2D eigenvalue weighted by Gasteiger charge is 2.04. The number of aromatic hydroxyl groups is 1. The van der Waals surface area contributed by atoms with Crippen LogP contribution in [0.15, 0.2) is 24.3 Å². The number of phenols is 1. The van der Waals surface area contributed by atoms with Gasteiger partial charge in [-0.15, -0.1) is 0 Å². The number of nitrogens with one attached hydrogen (secondary N) is 2. The van der Waals surface area contributed by atoms with Crippen molar-refractivity contribution in [3.63, 3.8) is 0 Å². The van der Waals surface area contributed by atoms with Crippen LogP contribution in [0.1, 0.15) is 56.9 Å². The van der Waals surface area contributed by atoms with E-state index in [1.165, 1.54) is 0 Å². The van der Waals surface area contributed by atoms with Gasteiger partial charge in [0.1, 0.15) is 5.75 Å². The van der Waals surface area contributed by atoms with Gasteiger partial charge in [-0.05, 0) is 56.3 Å². The molecular weight excluding hydrogens is 330 g/mol. The van der Waals surface area contributed by atoms with E-state index in [4.69, 9.17) is 5.73 Å². The molecule has 0 radical (unpaired) electrons. The molecule has 6 nitrogen and oxygen atoms in total. The summed E-state index contributed by atoms with van der Waals surface area (Å²) in [6.07, 6.45) is 7.36. The van der Waals surface area contributed by atoms with Crippen LogP contribution in [0.5, 0.6) is 5.75 Å². The van der Waals surface area contributed by atoms with E-state index in [0.29, 0.717) is 19.4 Å². The van der Waals surface area contributed by atoms with Crippen molar-refractivity contribution in [3.05, 3.63) is 29.8 Å². The number of hydrogen-bond donors (Lipinski definition) is 4. The van der Waals surface area contributed by atoms with E-state index in [-0.39, 0.29) is 17.6 Å².